The number of carbonyl (C=O) groups is 1. The van der Waals surface area contributed by atoms with E-state index >= 15 is 0 Å². The summed E-state index contributed by atoms with van der Waals surface area (Å²) in [5.41, 5.74) is -2.50. The quantitative estimate of drug-likeness (QED) is 0.803. The van der Waals surface area contributed by atoms with E-state index in [1.807, 2.05) is 0 Å². The van der Waals surface area contributed by atoms with Gasteiger partial charge in [-0.25, -0.2) is 4.79 Å². The van der Waals surface area contributed by atoms with Crippen LogP contribution in [0, 0.1) is 0 Å². The maximum absolute atomic E-state index is 11.9. The lowest BCUT2D eigenvalue weighted by Gasteiger charge is -2.38. The average molecular weight is 312 g/mol. The molecule has 0 bridgehead atoms. The third-order valence-electron chi connectivity index (χ3n) is 3.35. The molecule has 0 saturated heterocycles. The fraction of sp³-hybridized carbons (Fsp3) is 0.714. The first-order valence-electron chi connectivity index (χ1n) is 7.09. The first-order valence-corrected chi connectivity index (χ1v) is 7.09. The van der Waals surface area contributed by atoms with E-state index in [1.165, 1.54) is 12.4 Å². The Morgan fingerprint density at radius 2 is 1.77 bits per heavy atom. The highest BCUT2D eigenvalue weighted by atomic mass is 16.6. The summed E-state index contributed by atoms with van der Waals surface area (Å²) in [6.45, 7) is 11.7. The molecule has 0 spiro atoms. The van der Waals surface area contributed by atoms with Gasteiger partial charge in [-0.05, 0) is 48.5 Å². The van der Waals surface area contributed by atoms with Crippen LogP contribution in [0.1, 0.15) is 48.5 Å². The van der Waals surface area contributed by atoms with Crippen molar-refractivity contribution in [1.82, 2.24) is 9.78 Å². The number of hydrogen-bond donors (Lipinski definition) is 2. The van der Waals surface area contributed by atoms with Gasteiger partial charge in [-0.3, -0.25) is 0 Å². The van der Waals surface area contributed by atoms with Gasteiger partial charge in [0, 0.05) is 17.9 Å². The summed E-state index contributed by atoms with van der Waals surface area (Å²) in [5.74, 6) is 0. The van der Waals surface area contributed by atoms with Crippen molar-refractivity contribution in [2.75, 3.05) is 0 Å². The predicted molar refractivity (Wildman–Crippen MR) is 82.9 cm³/mol. The largest absolute Gasteiger partial charge is 0.494 e. The third kappa shape index (κ3) is 4.83. The summed E-state index contributed by atoms with van der Waals surface area (Å²) in [6.07, 6.45) is 2.00. The number of ether oxygens (including phenoxy) is 1. The molecule has 0 fully saturated rings. The predicted octanol–water partition coefficient (Wildman–Crippen LogP) is 0.920. The molecule has 0 aliphatic heterocycles. The Kier molecular flexibility index (Phi) is 5.11. The van der Waals surface area contributed by atoms with Crippen molar-refractivity contribution in [3.8, 4) is 0 Å². The number of carbonyl (C=O) groups excluding carboxylic acids is 1. The van der Waals surface area contributed by atoms with Gasteiger partial charge in [-0.1, -0.05) is 0 Å². The number of rotatable bonds is 4. The highest BCUT2D eigenvalue weighted by Gasteiger charge is 2.40. The van der Waals surface area contributed by atoms with E-state index in [2.05, 4.69) is 5.10 Å². The van der Waals surface area contributed by atoms with E-state index < -0.39 is 30.0 Å². The highest BCUT2D eigenvalue weighted by Crippen LogP contribution is 2.25. The molecular formula is C14H25BN2O5. The number of aliphatic hydroxyl groups is 1. The topological polar surface area (TPSA) is 93.8 Å². The average Bonchev–Trinajstić information content (AvgIpc) is 2.73. The summed E-state index contributed by atoms with van der Waals surface area (Å²) in [5, 5.41) is 24.0. The Balaban J connectivity index is 2.82. The molecule has 0 unspecified atom stereocenters. The van der Waals surface area contributed by atoms with Crippen LogP contribution in [0.4, 0.5) is 4.79 Å². The summed E-state index contributed by atoms with van der Waals surface area (Å²) in [6, 6.07) is 0. The van der Waals surface area contributed by atoms with Crippen LogP contribution in [0.5, 0.6) is 0 Å². The van der Waals surface area contributed by atoms with Gasteiger partial charge in [0.25, 0.3) is 0 Å². The van der Waals surface area contributed by atoms with Crippen LogP contribution < -0.4 is 5.46 Å². The normalized spacial score (nSPS) is 13.1. The number of hydrogen-bond acceptors (Lipinski definition) is 6. The van der Waals surface area contributed by atoms with E-state index in [0.717, 1.165) is 4.68 Å². The minimum absolute atomic E-state index is 0.295. The molecule has 0 aliphatic rings. The molecule has 0 saturated carbocycles. The van der Waals surface area contributed by atoms with Crippen molar-refractivity contribution in [3.05, 3.63) is 12.4 Å². The first kappa shape index (κ1) is 18.7. The molecule has 1 rings (SSSR count). The van der Waals surface area contributed by atoms with Gasteiger partial charge < -0.3 is 19.5 Å². The van der Waals surface area contributed by atoms with Crippen molar-refractivity contribution >= 4 is 18.7 Å². The van der Waals surface area contributed by atoms with Gasteiger partial charge >= 0.3 is 13.2 Å². The van der Waals surface area contributed by atoms with Crippen LogP contribution in [0.25, 0.3) is 0 Å². The van der Waals surface area contributed by atoms with E-state index in [1.54, 1.807) is 48.5 Å². The van der Waals surface area contributed by atoms with Crippen molar-refractivity contribution in [3.63, 3.8) is 0 Å². The Labute approximate surface area is 131 Å². The molecule has 1 heterocycles. The number of aromatic nitrogens is 2. The van der Waals surface area contributed by atoms with Crippen LogP contribution >= 0.6 is 0 Å². The molecule has 124 valence electrons. The molecule has 7 nitrogen and oxygen atoms in total. The SMILES string of the molecule is CC(C)(C)OC(=O)n1cc(B(O)OC(C)(C)C(C)(C)O)cn1. The first-order chi connectivity index (χ1) is 9.73. The van der Waals surface area contributed by atoms with Gasteiger partial charge in [0.05, 0.1) is 11.2 Å². The minimum Gasteiger partial charge on any atom is -0.442 e. The minimum atomic E-state index is -1.32. The van der Waals surface area contributed by atoms with Crippen LogP contribution in [-0.4, -0.2) is 49.9 Å². The molecule has 1 aromatic heterocycles. The van der Waals surface area contributed by atoms with E-state index in [9.17, 15) is 14.9 Å². The van der Waals surface area contributed by atoms with E-state index in [-0.39, 0.29) is 0 Å². The molecule has 0 atom stereocenters. The van der Waals surface area contributed by atoms with E-state index in [4.69, 9.17) is 9.39 Å². The number of nitrogens with zero attached hydrogens (tertiary/aromatic N) is 2. The molecule has 0 aromatic carbocycles. The monoisotopic (exact) mass is 312 g/mol. The molecule has 0 amide bonds. The zero-order chi connectivity index (χ0) is 17.3. The summed E-state index contributed by atoms with van der Waals surface area (Å²) < 4.78 is 11.6. The van der Waals surface area contributed by atoms with Crippen molar-refractivity contribution in [1.29, 1.82) is 0 Å². The van der Waals surface area contributed by atoms with Gasteiger partial charge in [0.1, 0.15) is 5.60 Å². The third-order valence-corrected chi connectivity index (χ3v) is 3.35. The van der Waals surface area contributed by atoms with Crippen molar-refractivity contribution in [2.24, 2.45) is 0 Å². The van der Waals surface area contributed by atoms with Gasteiger partial charge in [0.15, 0.2) is 0 Å². The van der Waals surface area contributed by atoms with Crippen molar-refractivity contribution in [2.45, 2.75) is 65.3 Å². The smallest absolute Gasteiger partial charge is 0.442 e. The Hall–Kier alpha value is -1.38. The Morgan fingerprint density at radius 1 is 1.23 bits per heavy atom. The van der Waals surface area contributed by atoms with Gasteiger partial charge in [-0.2, -0.15) is 9.78 Å². The zero-order valence-electron chi connectivity index (χ0n) is 14.2. The summed E-state index contributed by atoms with van der Waals surface area (Å²) >= 11 is 0. The second-order valence-electron chi connectivity index (χ2n) is 7.24. The Morgan fingerprint density at radius 3 is 2.23 bits per heavy atom. The molecule has 1 aromatic rings. The van der Waals surface area contributed by atoms with Crippen LogP contribution in [0.15, 0.2) is 12.4 Å². The van der Waals surface area contributed by atoms with Crippen LogP contribution in [-0.2, 0) is 9.39 Å². The lowest BCUT2D eigenvalue weighted by Crippen LogP contribution is -2.53. The van der Waals surface area contributed by atoms with E-state index in [0.29, 0.717) is 5.46 Å². The zero-order valence-corrected chi connectivity index (χ0v) is 14.2. The fourth-order valence-electron chi connectivity index (χ4n) is 1.36. The molecule has 22 heavy (non-hydrogen) atoms. The van der Waals surface area contributed by atoms with Crippen LogP contribution in [0.2, 0.25) is 0 Å². The molecule has 2 N–H and O–H groups in total. The summed E-state index contributed by atoms with van der Waals surface area (Å²) in [7, 11) is -1.32. The molecular weight excluding hydrogens is 287 g/mol. The van der Waals surface area contributed by atoms with Gasteiger partial charge in [0.2, 0.25) is 0 Å². The lowest BCUT2D eigenvalue weighted by atomic mass is 9.78. The second kappa shape index (κ2) is 6.02. The fourth-order valence-corrected chi connectivity index (χ4v) is 1.36. The standard InChI is InChI=1S/C14H25BN2O5/c1-12(2,3)21-11(18)17-9-10(8-16-17)15(20)22-14(6,7)13(4,5)19/h8-9,19-20H,1-7H3. The highest BCUT2D eigenvalue weighted by molar-refractivity contribution is 6.60. The van der Waals surface area contributed by atoms with Gasteiger partial charge in [-0.15, -0.1) is 0 Å². The molecule has 8 heteroatoms. The Bertz CT molecular complexity index is 528. The maximum Gasteiger partial charge on any atom is 0.494 e. The second-order valence-corrected chi connectivity index (χ2v) is 7.24. The van der Waals surface area contributed by atoms with Crippen molar-refractivity contribution < 1.29 is 24.3 Å². The maximum atomic E-state index is 11.9. The molecule has 0 radical (unpaired) electrons. The summed E-state index contributed by atoms with van der Waals surface area (Å²) in [4.78, 5) is 11.9. The molecule has 0 aliphatic carbocycles. The van der Waals surface area contributed by atoms with Crippen LogP contribution in [0.3, 0.4) is 0 Å². The lowest BCUT2D eigenvalue weighted by molar-refractivity contribution is -0.0982.